The van der Waals surface area contributed by atoms with Gasteiger partial charge in [0.15, 0.2) is 37.7 Å². The minimum Gasteiger partial charge on any atom is -0.480 e. The number of hydrogen-bond acceptors (Lipinski definition) is 39. The topological polar surface area (TPSA) is 653 Å². The van der Waals surface area contributed by atoms with Crippen molar-refractivity contribution in [1.29, 1.82) is 0 Å². The number of aliphatic hydroxyl groups excluding tert-OH is 18. The van der Waals surface area contributed by atoms with E-state index in [0.717, 1.165) is 0 Å². The predicted octanol–water partition coefficient (Wildman–Crippen LogP) is -13.0. The number of carboxylic acids is 1. The summed E-state index contributed by atoms with van der Waals surface area (Å²) in [6, 6.07) is -1.84. The average molecular weight is 1460 g/mol. The standard InChI is InChI=1S/C57H91N3O40/c1-17-33(72)44(24(13-64)87-49(17)59-29(68)9-20(50(83)84)58-28(67)5-4-6-32(71)100-60-30(69)7-8-31(60)70)94-52-18(2)34(73)46(26(15-66)90-52)96-55-43(82)47(98-57-93-23(12-63)39(78)51(85)99-57)38(77)27(92-55)16-86-56-48(41(80)37(76)22(11-62)89-56)97-53-19(3)35(74)45(25(14-65)91-53)95-54-42(81)40(79)36(75)21(10-61)88-54/h17-27,33-49,51-57,61-66,72-82,85H,4-16H2,1-3H3,(H,58,67)(H,59,68)(H,83,84)/t17-,18-,19?,20?,21?,22?,23+,24?,25-,26?,27?,33?,34?,35?,36-,37+,38+,39+,40?,41?,42-,43+,44+,45+,46+,47?,48+,49+,51?,52-,53-,54-,55-,56-,57+/m0/s1. The average Bonchev–Trinajstić information content (AvgIpc) is 0.887. The van der Waals surface area contributed by atoms with Crippen LogP contribution in [0.1, 0.15) is 59.3 Å². The summed E-state index contributed by atoms with van der Waals surface area (Å²) >= 11 is 0. The number of carbonyl (C=O) groups excluding carboxylic acids is 5. The molecule has 100 heavy (non-hydrogen) atoms. The summed E-state index contributed by atoms with van der Waals surface area (Å²) in [6.45, 7) is -4.59. The van der Waals surface area contributed by atoms with E-state index in [4.69, 9.17) is 71.2 Å². The Morgan fingerprint density at radius 2 is 0.910 bits per heavy atom. The Morgan fingerprint density at radius 3 is 1.45 bits per heavy atom. The highest BCUT2D eigenvalue weighted by atomic mass is 16.9. The monoisotopic (exact) mass is 1460 g/mol. The highest BCUT2D eigenvalue weighted by molar-refractivity contribution is 6.01. The van der Waals surface area contributed by atoms with E-state index in [1.807, 2.05) is 0 Å². The van der Waals surface area contributed by atoms with Crippen LogP contribution < -0.4 is 10.6 Å². The van der Waals surface area contributed by atoms with Crippen molar-refractivity contribution in [1.82, 2.24) is 15.7 Å². The van der Waals surface area contributed by atoms with Crippen molar-refractivity contribution in [3.8, 4) is 0 Å². The summed E-state index contributed by atoms with van der Waals surface area (Å²) in [6.07, 6.45) is -56.2. The second-order valence-electron chi connectivity index (χ2n) is 25.3. The van der Waals surface area contributed by atoms with Gasteiger partial charge in [-0.05, 0) is 6.42 Å². The van der Waals surface area contributed by atoms with Gasteiger partial charge in [0.1, 0.15) is 134 Å². The fourth-order valence-electron chi connectivity index (χ4n) is 12.3. The van der Waals surface area contributed by atoms with Crippen molar-refractivity contribution in [3.63, 3.8) is 0 Å². The minimum atomic E-state index is -2.23. The second-order valence-corrected chi connectivity index (χ2v) is 25.3. The molecule has 8 aliphatic heterocycles. The molecule has 0 spiro atoms. The summed E-state index contributed by atoms with van der Waals surface area (Å²) in [5.41, 5.74) is 0. The molecule has 8 heterocycles. The molecule has 0 bridgehead atoms. The molecule has 8 aliphatic rings. The summed E-state index contributed by atoms with van der Waals surface area (Å²) in [5, 5.41) is 210. The fraction of sp³-hybridized carbons (Fsp3) is 0.895. The number of imide groups is 1. The molecule has 0 saturated carbocycles. The highest BCUT2D eigenvalue weighted by Crippen LogP contribution is 2.39. The summed E-state index contributed by atoms with van der Waals surface area (Å²) in [4.78, 5) is 78.4. The Morgan fingerprint density at radius 1 is 0.450 bits per heavy atom. The smallest absolute Gasteiger partial charge is 0.333 e. The van der Waals surface area contributed by atoms with Crippen LogP contribution in [0.3, 0.4) is 0 Å². The van der Waals surface area contributed by atoms with Gasteiger partial charge in [0.2, 0.25) is 11.8 Å². The zero-order chi connectivity index (χ0) is 73.5. The number of carbonyl (C=O) groups is 6. The third kappa shape index (κ3) is 18.7. The van der Waals surface area contributed by atoms with Gasteiger partial charge in [-0.2, -0.15) is 0 Å². The van der Waals surface area contributed by atoms with Crippen LogP contribution in [-0.2, 0) is 99.9 Å². The lowest BCUT2D eigenvalue weighted by atomic mass is 9.89. The van der Waals surface area contributed by atoms with Crippen LogP contribution in [0.2, 0.25) is 0 Å². The van der Waals surface area contributed by atoms with E-state index in [1.54, 1.807) is 0 Å². The Bertz CT molecular complexity index is 2660. The molecule has 43 nitrogen and oxygen atoms in total. The van der Waals surface area contributed by atoms with Crippen LogP contribution in [0.25, 0.3) is 0 Å². The molecule has 0 radical (unpaired) electrons. The second kappa shape index (κ2) is 36.2. The molecule has 8 rings (SSSR count). The van der Waals surface area contributed by atoms with Crippen molar-refractivity contribution in [3.05, 3.63) is 0 Å². The predicted molar refractivity (Wildman–Crippen MR) is 307 cm³/mol. The van der Waals surface area contributed by atoms with Crippen LogP contribution >= 0.6 is 0 Å². The zero-order valence-corrected chi connectivity index (χ0v) is 53.9. The zero-order valence-electron chi connectivity index (χ0n) is 53.9. The van der Waals surface area contributed by atoms with Crippen LogP contribution in [0.15, 0.2) is 0 Å². The molecule has 0 aromatic rings. The number of aliphatic hydroxyl groups is 18. The van der Waals surface area contributed by atoms with Gasteiger partial charge in [0.05, 0.1) is 71.0 Å². The quantitative estimate of drug-likeness (QED) is 0.0309. The van der Waals surface area contributed by atoms with Crippen LogP contribution in [0.5, 0.6) is 0 Å². The Balaban J connectivity index is 0.923. The van der Waals surface area contributed by atoms with Gasteiger partial charge in [0, 0.05) is 43.4 Å². The van der Waals surface area contributed by atoms with E-state index in [9.17, 15) is 126 Å². The van der Waals surface area contributed by atoms with Crippen LogP contribution in [0.4, 0.5) is 0 Å². The van der Waals surface area contributed by atoms with Gasteiger partial charge in [-0.25, -0.2) is 9.59 Å². The van der Waals surface area contributed by atoms with Crippen molar-refractivity contribution in [2.24, 2.45) is 17.8 Å². The number of aliphatic carboxylic acids is 1. The molecular weight excluding hydrogens is 1370 g/mol. The number of nitrogens with one attached hydrogen (secondary N) is 2. The minimum absolute atomic E-state index is 0.148. The van der Waals surface area contributed by atoms with E-state index >= 15 is 0 Å². The first-order chi connectivity index (χ1) is 47.4. The number of rotatable bonds is 29. The number of ether oxygens (including phenoxy) is 14. The van der Waals surface area contributed by atoms with Crippen LogP contribution in [-0.4, -0.2) is 381 Å². The number of hydroxylamine groups is 2. The Labute approximate surface area is 567 Å². The van der Waals surface area contributed by atoms with Gasteiger partial charge >= 0.3 is 11.9 Å². The van der Waals surface area contributed by atoms with Gasteiger partial charge < -0.3 is 174 Å². The lowest BCUT2D eigenvalue weighted by Crippen LogP contribution is -2.66. The molecule has 43 heteroatoms. The molecule has 0 aromatic heterocycles. The number of hydrogen-bond donors (Lipinski definition) is 21. The Hall–Kier alpha value is -4.26. The summed E-state index contributed by atoms with van der Waals surface area (Å²) < 4.78 is 81.6. The van der Waals surface area contributed by atoms with Crippen molar-refractivity contribution >= 4 is 35.6 Å². The van der Waals surface area contributed by atoms with Crippen molar-refractivity contribution < 1.29 is 197 Å². The van der Waals surface area contributed by atoms with Gasteiger partial charge in [-0.15, -0.1) is 5.06 Å². The van der Waals surface area contributed by atoms with E-state index in [0.29, 0.717) is 5.06 Å². The Kier molecular flexibility index (Phi) is 29.4. The van der Waals surface area contributed by atoms with E-state index in [2.05, 4.69) is 10.6 Å². The molecule has 4 amide bonds. The lowest BCUT2D eigenvalue weighted by Gasteiger charge is -2.50. The first kappa shape index (κ1) is 81.4. The molecular formula is C57H91N3O40. The van der Waals surface area contributed by atoms with E-state index in [1.165, 1.54) is 20.8 Å². The van der Waals surface area contributed by atoms with Gasteiger partial charge in [-0.1, -0.05) is 20.8 Å². The lowest BCUT2D eigenvalue weighted by molar-refractivity contribution is -0.438. The van der Waals surface area contributed by atoms with Crippen molar-refractivity contribution in [2.45, 2.75) is 256 Å². The maximum Gasteiger partial charge on any atom is 0.333 e. The normalized spacial score (nSPS) is 44.5. The van der Waals surface area contributed by atoms with E-state index in [-0.39, 0.29) is 19.3 Å². The first-order valence-corrected chi connectivity index (χ1v) is 32.2. The van der Waals surface area contributed by atoms with Gasteiger partial charge in [0.25, 0.3) is 18.3 Å². The summed E-state index contributed by atoms with van der Waals surface area (Å²) in [7, 11) is 0. The van der Waals surface area contributed by atoms with Crippen LogP contribution in [0, 0.1) is 17.8 Å². The number of carboxylic acid groups (broad SMARTS) is 1. The third-order valence-corrected chi connectivity index (χ3v) is 18.4. The number of nitrogens with zero attached hydrogens (tertiary/aromatic N) is 1. The molecule has 0 aliphatic carbocycles. The SMILES string of the molecule is CC1C(O)[C@H](O[C@@H]2OC(CO)[C@H](O)C(O)[C@@H]2O)[C@H](CO)O[C@H]1O[C@@H]1C(O)[C@H](O)C(CO)O[C@@H]1OCC1O[C@@H](O[C@@H]2C(CO)O[C@@H](O[C@@H]3C(CO)O[C@@H](NC(=O)CC(NC(=O)CCCC(=O)ON4C(=O)CCC4=O)C(=O)O)[C@@H](C)C3O)[C@@H](C)C2O)[C@H](O)C(O[C@@H]2OC(O)[C@H](O)[C@@H](CO)O2)[C@@H]1O. The number of amides is 4. The van der Waals surface area contributed by atoms with E-state index < -0.39 is 316 Å². The first-order valence-electron chi connectivity index (χ1n) is 32.2. The molecule has 574 valence electrons. The maximum absolute atomic E-state index is 13.3. The summed E-state index contributed by atoms with van der Waals surface area (Å²) in [5.74, 6) is -9.69. The molecule has 0 aromatic carbocycles. The fourth-order valence-corrected chi connectivity index (χ4v) is 12.3. The highest BCUT2D eigenvalue weighted by Gasteiger charge is 2.57. The maximum atomic E-state index is 13.3. The van der Waals surface area contributed by atoms with Gasteiger partial charge in [-0.3, -0.25) is 23.9 Å². The molecule has 8 fully saturated rings. The molecule has 35 atom stereocenters. The molecule has 14 unspecified atom stereocenters. The third-order valence-electron chi connectivity index (χ3n) is 18.4. The molecule has 21 N–H and O–H groups in total. The van der Waals surface area contributed by atoms with Crippen molar-refractivity contribution in [2.75, 3.05) is 46.2 Å². The molecule has 8 saturated heterocycles. The largest absolute Gasteiger partial charge is 0.480 e.